The van der Waals surface area contributed by atoms with E-state index in [0.717, 1.165) is 65.9 Å². The highest BCUT2D eigenvalue weighted by molar-refractivity contribution is 5.87. The molecule has 0 N–H and O–H groups in total. The molecule has 1 saturated heterocycles. The summed E-state index contributed by atoms with van der Waals surface area (Å²) in [6.45, 7) is 5.34. The van der Waals surface area contributed by atoms with Crippen molar-refractivity contribution in [2.75, 3.05) is 36.0 Å². The smallest absolute Gasteiger partial charge is 0.163 e. The van der Waals surface area contributed by atoms with Crippen LogP contribution in [0.2, 0.25) is 0 Å². The zero-order valence-electron chi connectivity index (χ0n) is 16.4. The van der Waals surface area contributed by atoms with Crippen molar-refractivity contribution < 1.29 is 0 Å². The van der Waals surface area contributed by atoms with Gasteiger partial charge >= 0.3 is 0 Å². The van der Waals surface area contributed by atoms with E-state index in [-0.39, 0.29) is 0 Å². The Kier molecular flexibility index (Phi) is 4.27. The molecule has 1 aliphatic rings. The molecule has 0 amide bonds. The fourth-order valence-electron chi connectivity index (χ4n) is 3.67. The molecule has 0 aliphatic carbocycles. The average Bonchev–Trinajstić information content (AvgIpc) is 3.15. The number of anilines is 2. The summed E-state index contributed by atoms with van der Waals surface area (Å²) < 4.78 is 1.80. The molecule has 0 atom stereocenters. The van der Waals surface area contributed by atoms with Crippen molar-refractivity contribution in [2.24, 2.45) is 7.05 Å². The van der Waals surface area contributed by atoms with E-state index < -0.39 is 0 Å². The first kappa shape index (κ1) is 17.5. The third-order valence-corrected chi connectivity index (χ3v) is 5.21. The summed E-state index contributed by atoms with van der Waals surface area (Å²) in [7, 11) is 1.91. The maximum absolute atomic E-state index is 4.69. The lowest BCUT2D eigenvalue weighted by molar-refractivity contribution is 0.638. The monoisotopic (exact) mass is 387 g/mol. The molecule has 5 heterocycles. The molecule has 29 heavy (non-hydrogen) atoms. The summed E-state index contributed by atoms with van der Waals surface area (Å²) in [5.74, 6) is 2.61. The van der Waals surface area contributed by atoms with Crippen molar-refractivity contribution in [1.29, 1.82) is 0 Å². The Labute approximate surface area is 168 Å². The summed E-state index contributed by atoms with van der Waals surface area (Å²) in [6, 6.07) is 7.92. The maximum atomic E-state index is 4.69. The lowest BCUT2D eigenvalue weighted by Crippen LogP contribution is -2.47. The van der Waals surface area contributed by atoms with Crippen LogP contribution in [0.15, 0.2) is 42.9 Å². The molecule has 146 valence electrons. The second kappa shape index (κ2) is 7.08. The van der Waals surface area contributed by atoms with E-state index in [4.69, 9.17) is 4.98 Å². The fourth-order valence-corrected chi connectivity index (χ4v) is 3.67. The molecule has 1 fully saturated rings. The molecule has 9 nitrogen and oxygen atoms in total. The highest BCUT2D eigenvalue weighted by Crippen LogP contribution is 2.25. The molecule has 0 unspecified atom stereocenters. The van der Waals surface area contributed by atoms with Crippen LogP contribution in [0.5, 0.6) is 0 Å². The van der Waals surface area contributed by atoms with E-state index in [1.807, 2.05) is 44.4 Å². The molecule has 1 aliphatic heterocycles. The van der Waals surface area contributed by atoms with E-state index in [1.54, 1.807) is 17.1 Å². The predicted molar refractivity (Wildman–Crippen MR) is 111 cm³/mol. The summed E-state index contributed by atoms with van der Waals surface area (Å²) >= 11 is 0. The molecule has 0 bridgehead atoms. The van der Waals surface area contributed by atoms with Crippen molar-refractivity contribution in [3.05, 3.63) is 48.7 Å². The molecule has 5 rings (SSSR count). The standard InChI is InChI=1S/C20H21N9/c1-14-23-19-16(13-22-27(19)2)20(24-14)29-11-9-28(10-12-29)18-4-3-17(25-26-18)15-5-7-21-8-6-15/h3-8,13H,9-12H2,1-2H3. The van der Waals surface area contributed by atoms with Gasteiger partial charge in [0.05, 0.1) is 17.3 Å². The van der Waals surface area contributed by atoms with E-state index >= 15 is 0 Å². The molecule has 4 aromatic heterocycles. The van der Waals surface area contributed by atoms with Gasteiger partial charge in [-0.05, 0) is 31.2 Å². The minimum Gasteiger partial charge on any atom is -0.352 e. The van der Waals surface area contributed by atoms with Gasteiger partial charge < -0.3 is 9.80 Å². The van der Waals surface area contributed by atoms with Gasteiger partial charge in [-0.25, -0.2) is 9.97 Å². The first-order valence-corrected chi connectivity index (χ1v) is 9.59. The zero-order chi connectivity index (χ0) is 19.8. The van der Waals surface area contributed by atoms with E-state index in [0.29, 0.717) is 0 Å². The first-order chi connectivity index (χ1) is 14.2. The lowest BCUT2D eigenvalue weighted by atomic mass is 10.2. The number of piperazine rings is 1. The number of fused-ring (bicyclic) bond motifs is 1. The summed E-state index contributed by atoms with van der Waals surface area (Å²) in [4.78, 5) is 17.8. The number of aryl methyl sites for hydroxylation is 2. The Balaban J connectivity index is 1.32. The molecule has 0 spiro atoms. The van der Waals surface area contributed by atoms with Crippen molar-refractivity contribution in [3.63, 3.8) is 0 Å². The van der Waals surface area contributed by atoms with Crippen molar-refractivity contribution >= 4 is 22.7 Å². The van der Waals surface area contributed by atoms with Crippen LogP contribution in [0.4, 0.5) is 11.6 Å². The number of hydrogen-bond donors (Lipinski definition) is 0. The largest absolute Gasteiger partial charge is 0.352 e. The molecule has 0 aromatic carbocycles. The van der Waals surface area contributed by atoms with Crippen LogP contribution in [0, 0.1) is 6.92 Å². The van der Waals surface area contributed by atoms with Gasteiger partial charge in [-0.3, -0.25) is 9.67 Å². The van der Waals surface area contributed by atoms with Crippen LogP contribution in [0.3, 0.4) is 0 Å². The van der Waals surface area contributed by atoms with Gasteiger partial charge in [0.1, 0.15) is 11.6 Å². The van der Waals surface area contributed by atoms with Gasteiger partial charge in [0.2, 0.25) is 0 Å². The van der Waals surface area contributed by atoms with E-state index in [1.165, 1.54) is 0 Å². The number of pyridine rings is 1. The highest BCUT2D eigenvalue weighted by atomic mass is 15.3. The Morgan fingerprint density at radius 1 is 0.862 bits per heavy atom. The number of aromatic nitrogens is 7. The molecule has 0 radical (unpaired) electrons. The summed E-state index contributed by atoms with van der Waals surface area (Å²) in [6.07, 6.45) is 5.37. The minimum absolute atomic E-state index is 0.760. The quantitative estimate of drug-likeness (QED) is 0.526. The lowest BCUT2D eigenvalue weighted by Gasteiger charge is -2.36. The van der Waals surface area contributed by atoms with Gasteiger partial charge in [-0.1, -0.05) is 0 Å². The van der Waals surface area contributed by atoms with Crippen LogP contribution in [0.25, 0.3) is 22.3 Å². The Morgan fingerprint density at radius 2 is 1.62 bits per heavy atom. The van der Waals surface area contributed by atoms with Gasteiger partial charge in [-0.2, -0.15) is 5.10 Å². The van der Waals surface area contributed by atoms with Gasteiger partial charge in [0, 0.05) is 51.2 Å². The topological polar surface area (TPSA) is 88.8 Å². The molecule has 4 aromatic rings. The molecule has 0 saturated carbocycles. The maximum Gasteiger partial charge on any atom is 0.163 e. The van der Waals surface area contributed by atoms with Crippen LogP contribution >= 0.6 is 0 Å². The number of nitrogens with zero attached hydrogens (tertiary/aromatic N) is 9. The third-order valence-electron chi connectivity index (χ3n) is 5.21. The number of hydrogen-bond acceptors (Lipinski definition) is 8. The highest BCUT2D eigenvalue weighted by Gasteiger charge is 2.22. The zero-order valence-corrected chi connectivity index (χ0v) is 16.4. The predicted octanol–water partition coefficient (Wildman–Crippen LogP) is 1.85. The van der Waals surface area contributed by atoms with Crippen molar-refractivity contribution in [2.45, 2.75) is 6.92 Å². The first-order valence-electron chi connectivity index (χ1n) is 9.59. The van der Waals surface area contributed by atoms with Crippen LogP contribution in [-0.2, 0) is 7.05 Å². The van der Waals surface area contributed by atoms with E-state index in [9.17, 15) is 0 Å². The van der Waals surface area contributed by atoms with Gasteiger partial charge in [0.15, 0.2) is 11.5 Å². The second-order valence-electron chi connectivity index (χ2n) is 7.09. The summed E-state index contributed by atoms with van der Waals surface area (Å²) in [5.41, 5.74) is 2.74. The SMILES string of the molecule is Cc1nc(N2CCN(c3ccc(-c4ccncc4)nn3)CC2)c2cnn(C)c2n1. The molecular weight excluding hydrogens is 366 g/mol. The van der Waals surface area contributed by atoms with Crippen molar-refractivity contribution in [1.82, 2.24) is 34.9 Å². The third kappa shape index (κ3) is 3.24. The van der Waals surface area contributed by atoms with Crippen LogP contribution < -0.4 is 9.80 Å². The van der Waals surface area contributed by atoms with Gasteiger partial charge in [0.25, 0.3) is 0 Å². The van der Waals surface area contributed by atoms with Crippen LogP contribution in [0.1, 0.15) is 5.82 Å². The number of rotatable bonds is 3. The summed E-state index contributed by atoms with van der Waals surface area (Å²) in [5, 5.41) is 14.2. The van der Waals surface area contributed by atoms with Crippen molar-refractivity contribution in [3.8, 4) is 11.3 Å². The Morgan fingerprint density at radius 3 is 2.34 bits per heavy atom. The Bertz CT molecular complexity index is 1130. The molecular formula is C20H21N9. The fraction of sp³-hybridized carbons (Fsp3) is 0.300. The van der Waals surface area contributed by atoms with E-state index in [2.05, 4.69) is 35.1 Å². The normalized spacial score (nSPS) is 14.6. The average molecular weight is 387 g/mol. The van der Waals surface area contributed by atoms with Gasteiger partial charge in [-0.15, -0.1) is 10.2 Å². The minimum atomic E-state index is 0.760. The molecule has 9 heteroatoms. The Hall–Kier alpha value is -3.62. The van der Waals surface area contributed by atoms with Crippen LogP contribution in [-0.4, -0.2) is 61.1 Å². The second-order valence-corrected chi connectivity index (χ2v) is 7.09.